The lowest BCUT2D eigenvalue weighted by atomic mass is 10.1. The average Bonchev–Trinajstić information content (AvgIpc) is 2.35. The number of amides is 1. The number of nitrogens with two attached hydrogens (primary N) is 1. The summed E-state index contributed by atoms with van der Waals surface area (Å²) in [5.74, 6) is -0.0297. The number of rotatable bonds is 4. The number of fused-ring (bicyclic) bond motifs is 1. The molecule has 0 saturated heterocycles. The summed E-state index contributed by atoms with van der Waals surface area (Å²) in [4.78, 5) is 15.9. The third-order valence-corrected chi connectivity index (χ3v) is 2.70. The number of para-hydroxylation sites is 1. The predicted molar refractivity (Wildman–Crippen MR) is 71.9 cm³/mol. The van der Waals surface area contributed by atoms with E-state index in [-0.39, 0.29) is 11.9 Å². The number of aromatic nitrogens is 1. The Morgan fingerprint density at radius 2 is 2.17 bits per heavy atom. The van der Waals surface area contributed by atoms with E-state index in [2.05, 4.69) is 10.3 Å². The van der Waals surface area contributed by atoms with Gasteiger partial charge in [0.2, 0.25) is 5.91 Å². The number of benzene rings is 1. The summed E-state index contributed by atoms with van der Waals surface area (Å²) in [7, 11) is 0. The van der Waals surface area contributed by atoms with Crippen molar-refractivity contribution >= 4 is 16.8 Å². The molecule has 0 radical (unpaired) electrons. The second-order valence-corrected chi connectivity index (χ2v) is 4.45. The van der Waals surface area contributed by atoms with Crippen LogP contribution in [0, 0.1) is 0 Å². The zero-order valence-corrected chi connectivity index (χ0v) is 10.4. The zero-order chi connectivity index (χ0) is 13.0. The number of hydrogen-bond donors (Lipinski definition) is 2. The van der Waals surface area contributed by atoms with Crippen LogP contribution in [0.1, 0.15) is 18.9 Å². The Kier molecular flexibility index (Phi) is 3.89. The molecule has 0 aliphatic rings. The van der Waals surface area contributed by atoms with E-state index in [4.69, 9.17) is 5.73 Å². The van der Waals surface area contributed by atoms with Crippen molar-refractivity contribution in [2.75, 3.05) is 0 Å². The maximum atomic E-state index is 11.6. The van der Waals surface area contributed by atoms with Crippen LogP contribution in [0.2, 0.25) is 0 Å². The Morgan fingerprint density at radius 3 is 2.94 bits per heavy atom. The first-order valence-corrected chi connectivity index (χ1v) is 6.01. The molecule has 3 N–H and O–H groups in total. The molecule has 1 aromatic heterocycles. The van der Waals surface area contributed by atoms with E-state index < -0.39 is 0 Å². The van der Waals surface area contributed by atoms with Crippen molar-refractivity contribution < 1.29 is 4.79 Å². The molecular weight excluding hydrogens is 226 g/mol. The van der Waals surface area contributed by atoms with Crippen LogP contribution in [0.4, 0.5) is 0 Å². The van der Waals surface area contributed by atoms with E-state index in [9.17, 15) is 4.79 Å². The maximum Gasteiger partial charge on any atom is 0.221 e. The van der Waals surface area contributed by atoms with Crippen molar-refractivity contribution in [1.29, 1.82) is 0 Å². The lowest BCUT2D eigenvalue weighted by molar-refractivity contribution is -0.121. The largest absolute Gasteiger partial charge is 0.352 e. The van der Waals surface area contributed by atoms with Crippen LogP contribution < -0.4 is 11.1 Å². The molecule has 0 saturated carbocycles. The van der Waals surface area contributed by atoms with Crippen LogP contribution in [0.25, 0.3) is 10.9 Å². The van der Waals surface area contributed by atoms with E-state index in [1.165, 1.54) is 0 Å². The molecule has 1 amide bonds. The maximum absolute atomic E-state index is 11.6. The summed E-state index contributed by atoms with van der Waals surface area (Å²) < 4.78 is 0. The quantitative estimate of drug-likeness (QED) is 0.856. The molecule has 1 unspecified atom stereocenters. The molecule has 0 aliphatic carbocycles. The molecular formula is C14H17N3O. The van der Waals surface area contributed by atoms with Gasteiger partial charge in [0.1, 0.15) is 0 Å². The highest BCUT2D eigenvalue weighted by molar-refractivity contribution is 5.82. The normalized spacial score (nSPS) is 12.3. The van der Waals surface area contributed by atoms with Crippen molar-refractivity contribution in [3.63, 3.8) is 0 Å². The van der Waals surface area contributed by atoms with Crippen molar-refractivity contribution in [3.8, 4) is 0 Å². The number of carbonyl (C=O) groups is 1. The van der Waals surface area contributed by atoms with Gasteiger partial charge in [-0.05, 0) is 18.6 Å². The smallest absolute Gasteiger partial charge is 0.221 e. The molecule has 0 fully saturated rings. The Balaban J connectivity index is 2.10. The third kappa shape index (κ3) is 3.05. The molecule has 4 heteroatoms. The lowest BCUT2D eigenvalue weighted by Crippen LogP contribution is -2.29. The monoisotopic (exact) mass is 243 g/mol. The summed E-state index contributed by atoms with van der Waals surface area (Å²) in [6.07, 6.45) is 2.10. The highest BCUT2D eigenvalue weighted by atomic mass is 16.1. The fourth-order valence-corrected chi connectivity index (χ4v) is 1.87. The van der Waals surface area contributed by atoms with Crippen LogP contribution in [-0.2, 0) is 11.3 Å². The van der Waals surface area contributed by atoms with Crippen molar-refractivity contribution in [2.45, 2.75) is 25.9 Å². The van der Waals surface area contributed by atoms with E-state index in [0.29, 0.717) is 13.0 Å². The topological polar surface area (TPSA) is 68.0 Å². The number of hydrogen-bond acceptors (Lipinski definition) is 3. The Labute approximate surface area is 106 Å². The summed E-state index contributed by atoms with van der Waals surface area (Å²) in [5.41, 5.74) is 7.53. The van der Waals surface area contributed by atoms with Crippen molar-refractivity contribution in [1.82, 2.24) is 10.3 Å². The standard InChI is InChI=1S/C14H17N3O/c1-10(15)8-13(18)17-9-12-5-2-4-11-6-3-7-16-14(11)12/h2-7,10H,8-9,15H2,1H3,(H,17,18). The molecule has 4 nitrogen and oxygen atoms in total. The van der Waals surface area contributed by atoms with Gasteiger partial charge < -0.3 is 11.1 Å². The third-order valence-electron chi connectivity index (χ3n) is 2.70. The second-order valence-electron chi connectivity index (χ2n) is 4.45. The van der Waals surface area contributed by atoms with Gasteiger partial charge >= 0.3 is 0 Å². The molecule has 94 valence electrons. The van der Waals surface area contributed by atoms with Crippen LogP contribution >= 0.6 is 0 Å². The number of pyridine rings is 1. The molecule has 1 aromatic carbocycles. The molecule has 18 heavy (non-hydrogen) atoms. The molecule has 2 aromatic rings. The molecule has 0 aliphatic heterocycles. The Bertz CT molecular complexity index is 546. The first-order chi connectivity index (χ1) is 8.66. The zero-order valence-electron chi connectivity index (χ0n) is 10.4. The molecule has 0 spiro atoms. The number of nitrogens with zero attached hydrogens (tertiary/aromatic N) is 1. The van der Waals surface area contributed by atoms with Crippen LogP contribution in [0.5, 0.6) is 0 Å². The summed E-state index contributed by atoms with van der Waals surface area (Å²) in [6.45, 7) is 2.30. The Hall–Kier alpha value is -1.94. The summed E-state index contributed by atoms with van der Waals surface area (Å²) in [5, 5.41) is 3.94. The van der Waals surface area contributed by atoms with E-state index in [0.717, 1.165) is 16.5 Å². The van der Waals surface area contributed by atoms with Gasteiger partial charge in [0, 0.05) is 30.6 Å². The van der Waals surface area contributed by atoms with Gasteiger partial charge in [-0.2, -0.15) is 0 Å². The average molecular weight is 243 g/mol. The van der Waals surface area contributed by atoms with Crippen molar-refractivity contribution in [2.24, 2.45) is 5.73 Å². The van der Waals surface area contributed by atoms with Gasteiger partial charge in [0.15, 0.2) is 0 Å². The highest BCUT2D eigenvalue weighted by Crippen LogP contribution is 2.15. The van der Waals surface area contributed by atoms with Crippen LogP contribution in [0.15, 0.2) is 36.5 Å². The first-order valence-electron chi connectivity index (χ1n) is 6.01. The Morgan fingerprint density at radius 1 is 1.39 bits per heavy atom. The van der Waals surface area contributed by atoms with Crippen LogP contribution in [0.3, 0.4) is 0 Å². The molecule has 2 rings (SSSR count). The summed E-state index contributed by atoms with van der Waals surface area (Å²) in [6, 6.07) is 9.75. The molecule has 1 heterocycles. The predicted octanol–water partition coefficient (Wildman–Crippen LogP) is 1.59. The van der Waals surface area contributed by atoms with Gasteiger partial charge in [0.25, 0.3) is 0 Å². The van der Waals surface area contributed by atoms with Crippen molar-refractivity contribution in [3.05, 3.63) is 42.1 Å². The second kappa shape index (κ2) is 5.60. The molecule has 0 bridgehead atoms. The van der Waals surface area contributed by atoms with E-state index >= 15 is 0 Å². The lowest BCUT2D eigenvalue weighted by Gasteiger charge is -2.09. The fourth-order valence-electron chi connectivity index (χ4n) is 1.87. The molecule has 1 atom stereocenters. The van der Waals surface area contributed by atoms with Gasteiger partial charge in [-0.25, -0.2) is 0 Å². The van der Waals surface area contributed by atoms with Gasteiger partial charge in [-0.15, -0.1) is 0 Å². The van der Waals surface area contributed by atoms with E-state index in [1.54, 1.807) is 6.20 Å². The number of nitrogens with one attached hydrogen (secondary N) is 1. The number of carbonyl (C=O) groups excluding carboxylic acids is 1. The van der Waals surface area contributed by atoms with Crippen LogP contribution in [-0.4, -0.2) is 16.9 Å². The minimum atomic E-state index is -0.115. The summed E-state index contributed by atoms with van der Waals surface area (Å²) >= 11 is 0. The van der Waals surface area contributed by atoms with Gasteiger partial charge in [-0.3, -0.25) is 9.78 Å². The SMILES string of the molecule is CC(N)CC(=O)NCc1cccc2cccnc12. The fraction of sp³-hybridized carbons (Fsp3) is 0.286. The highest BCUT2D eigenvalue weighted by Gasteiger charge is 2.06. The minimum Gasteiger partial charge on any atom is -0.352 e. The first kappa shape index (κ1) is 12.5. The minimum absolute atomic E-state index is 0.0297. The van der Waals surface area contributed by atoms with E-state index in [1.807, 2.05) is 37.3 Å². The van der Waals surface area contributed by atoms with Gasteiger partial charge in [-0.1, -0.05) is 24.3 Å². The van der Waals surface area contributed by atoms with Gasteiger partial charge in [0.05, 0.1) is 5.52 Å².